The normalized spacial score (nSPS) is 15.3. The number of halogens is 2. The van der Waals surface area contributed by atoms with Crippen LogP contribution in [0.15, 0.2) is 59.8 Å². The highest BCUT2D eigenvalue weighted by Crippen LogP contribution is 2.51. The molecule has 2 aromatic carbocycles. The topological polar surface area (TPSA) is 81.4 Å². The van der Waals surface area contributed by atoms with Crippen LogP contribution in [0.5, 0.6) is 0 Å². The Hall–Kier alpha value is -2.80. The molecule has 0 saturated carbocycles. The number of benzene rings is 2. The summed E-state index contributed by atoms with van der Waals surface area (Å²) >= 11 is 13.4. The van der Waals surface area contributed by atoms with Crippen LogP contribution in [0.1, 0.15) is 46.1 Å². The van der Waals surface area contributed by atoms with Gasteiger partial charge in [-0.2, -0.15) is 0 Å². The number of anilines is 2. The van der Waals surface area contributed by atoms with E-state index in [1.807, 2.05) is 44.2 Å². The summed E-state index contributed by atoms with van der Waals surface area (Å²) in [6, 6.07) is 14.3. The van der Waals surface area contributed by atoms with E-state index in [0.29, 0.717) is 37.3 Å². The Morgan fingerprint density at radius 2 is 1.79 bits per heavy atom. The van der Waals surface area contributed by atoms with Gasteiger partial charge < -0.3 is 15.8 Å². The third kappa shape index (κ3) is 4.14. The number of methoxy groups -OCH3 is 1. The van der Waals surface area contributed by atoms with Crippen LogP contribution in [0.4, 0.5) is 10.7 Å². The Labute approximate surface area is 206 Å². The Kier molecular flexibility index (Phi) is 6.52. The lowest BCUT2D eigenvalue weighted by Gasteiger charge is -2.31. The fourth-order valence-corrected chi connectivity index (χ4v) is 5.47. The number of carbonyl (C=O) groups is 2. The number of ether oxygens (including phenoxy) is 1. The smallest absolute Gasteiger partial charge is 0.336 e. The Morgan fingerprint density at radius 1 is 1.09 bits per heavy atom. The number of rotatable bonds is 5. The van der Waals surface area contributed by atoms with E-state index < -0.39 is 11.9 Å². The van der Waals surface area contributed by atoms with Crippen LogP contribution in [0.25, 0.3) is 0 Å². The minimum absolute atomic E-state index is 0.0102. The van der Waals surface area contributed by atoms with E-state index in [1.54, 1.807) is 12.1 Å². The monoisotopic (exact) mass is 500 g/mol. The second-order valence-electron chi connectivity index (χ2n) is 7.99. The van der Waals surface area contributed by atoms with Crippen molar-refractivity contribution in [2.24, 2.45) is 5.92 Å². The number of nitrogens with two attached hydrogens (primary N) is 1. The lowest BCUT2D eigenvalue weighted by Crippen LogP contribution is -2.26. The van der Waals surface area contributed by atoms with E-state index in [-0.39, 0.29) is 11.7 Å². The van der Waals surface area contributed by atoms with E-state index in [2.05, 4.69) is 5.32 Å². The van der Waals surface area contributed by atoms with Gasteiger partial charge in [-0.25, -0.2) is 4.79 Å². The first-order chi connectivity index (χ1) is 15.7. The highest BCUT2D eigenvalue weighted by Gasteiger charge is 2.39. The first-order valence-corrected chi connectivity index (χ1v) is 11.9. The number of nitrogens with one attached hydrogen (secondary N) is 1. The molecule has 4 rings (SSSR count). The maximum atomic E-state index is 13.4. The van der Waals surface area contributed by atoms with Crippen LogP contribution in [-0.4, -0.2) is 18.9 Å². The molecule has 0 saturated heterocycles. The molecule has 3 N–H and O–H groups in total. The van der Waals surface area contributed by atoms with Gasteiger partial charge in [0.1, 0.15) is 4.88 Å². The van der Waals surface area contributed by atoms with Crippen LogP contribution in [0.2, 0.25) is 10.0 Å². The van der Waals surface area contributed by atoms with Crippen molar-refractivity contribution >= 4 is 57.0 Å². The lowest BCUT2D eigenvalue weighted by atomic mass is 9.80. The first-order valence-electron chi connectivity index (χ1n) is 10.3. The number of allylic oxidation sites excluding steroid dienone is 1. The zero-order valence-electron chi connectivity index (χ0n) is 18.2. The fraction of sp³-hybridized carbons (Fsp3) is 0.200. The van der Waals surface area contributed by atoms with Crippen molar-refractivity contribution in [2.75, 3.05) is 18.2 Å². The van der Waals surface area contributed by atoms with Crippen LogP contribution in [-0.2, 0) is 9.53 Å². The van der Waals surface area contributed by atoms with E-state index in [1.165, 1.54) is 24.5 Å². The molecule has 33 heavy (non-hydrogen) atoms. The first kappa shape index (κ1) is 23.4. The van der Waals surface area contributed by atoms with Gasteiger partial charge in [-0.05, 0) is 29.7 Å². The Balaban J connectivity index is 1.92. The molecule has 2 heterocycles. The summed E-state index contributed by atoms with van der Waals surface area (Å²) in [6.07, 6.45) is 0. The minimum Gasteiger partial charge on any atom is -0.466 e. The standard InChI is InChI=1S/C25H22Cl2N2O3S/c1-12(2)21-19(25(31)32-3)17(13-7-5-4-6-8-13)18-20(28)23(33-24(18)29-21)22(30)14-9-10-15(26)16(27)11-14/h4-12,17,29H,28H2,1-3H3. The molecule has 0 aliphatic carbocycles. The molecule has 0 radical (unpaired) electrons. The lowest BCUT2D eigenvalue weighted by molar-refractivity contribution is -0.136. The number of nitrogen functional groups attached to an aromatic ring is 1. The predicted molar refractivity (Wildman–Crippen MR) is 134 cm³/mol. The summed E-state index contributed by atoms with van der Waals surface area (Å²) in [6.45, 7) is 3.99. The van der Waals surface area contributed by atoms with Gasteiger partial charge >= 0.3 is 5.97 Å². The van der Waals surface area contributed by atoms with Gasteiger partial charge in [0.2, 0.25) is 5.78 Å². The number of esters is 1. The zero-order chi connectivity index (χ0) is 23.9. The van der Waals surface area contributed by atoms with Crippen molar-refractivity contribution in [3.63, 3.8) is 0 Å². The van der Waals surface area contributed by atoms with Crippen molar-refractivity contribution in [1.29, 1.82) is 0 Å². The molecule has 0 spiro atoms. The van der Waals surface area contributed by atoms with Crippen molar-refractivity contribution < 1.29 is 14.3 Å². The van der Waals surface area contributed by atoms with Gasteiger partial charge in [-0.15, -0.1) is 11.3 Å². The molecule has 0 bridgehead atoms. The van der Waals surface area contributed by atoms with Gasteiger partial charge in [0, 0.05) is 22.7 Å². The summed E-state index contributed by atoms with van der Waals surface area (Å²) in [5, 5.41) is 4.76. The van der Waals surface area contributed by atoms with E-state index in [0.717, 1.165) is 16.3 Å². The quantitative estimate of drug-likeness (QED) is 0.308. The predicted octanol–water partition coefficient (Wildman–Crippen LogP) is 6.51. The van der Waals surface area contributed by atoms with Gasteiger partial charge in [0.15, 0.2) is 0 Å². The van der Waals surface area contributed by atoms with Crippen LogP contribution in [0, 0.1) is 5.92 Å². The number of ketones is 1. The number of thiophene rings is 1. The second kappa shape index (κ2) is 9.21. The fourth-order valence-electron chi connectivity index (χ4n) is 4.03. The maximum Gasteiger partial charge on any atom is 0.336 e. The molecule has 1 aromatic heterocycles. The van der Waals surface area contributed by atoms with Gasteiger partial charge in [0.25, 0.3) is 0 Å². The van der Waals surface area contributed by atoms with Crippen molar-refractivity contribution in [3.8, 4) is 0 Å². The minimum atomic E-state index is -0.473. The highest BCUT2D eigenvalue weighted by atomic mass is 35.5. The Bertz CT molecular complexity index is 1280. The van der Waals surface area contributed by atoms with Gasteiger partial charge in [-0.1, -0.05) is 67.4 Å². The second-order valence-corrected chi connectivity index (χ2v) is 9.82. The molecule has 1 unspecified atom stereocenters. The average molecular weight is 501 g/mol. The summed E-state index contributed by atoms with van der Waals surface area (Å²) in [5.74, 6) is -1.16. The van der Waals surface area contributed by atoms with Crippen LogP contribution >= 0.6 is 34.5 Å². The molecular formula is C25H22Cl2N2O3S. The summed E-state index contributed by atoms with van der Waals surface area (Å²) in [5.41, 5.74) is 10.1. The molecule has 1 atom stereocenters. The molecule has 3 aromatic rings. The molecule has 8 heteroatoms. The average Bonchev–Trinajstić information content (AvgIpc) is 3.15. The van der Waals surface area contributed by atoms with Crippen molar-refractivity contribution in [3.05, 3.63) is 91.4 Å². The van der Waals surface area contributed by atoms with E-state index in [4.69, 9.17) is 33.7 Å². The van der Waals surface area contributed by atoms with Crippen molar-refractivity contribution in [1.82, 2.24) is 0 Å². The van der Waals surface area contributed by atoms with Gasteiger partial charge in [-0.3, -0.25) is 4.79 Å². The number of carbonyl (C=O) groups excluding carboxylic acids is 2. The molecular weight excluding hydrogens is 479 g/mol. The van der Waals surface area contributed by atoms with Crippen molar-refractivity contribution in [2.45, 2.75) is 19.8 Å². The molecule has 170 valence electrons. The van der Waals surface area contributed by atoms with Crippen LogP contribution in [0.3, 0.4) is 0 Å². The molecule has 1 aliphatic heterocycles. The zero-order valence-corrected chi connectivity index (χ0v) is 20.6. The maximum absolute atomic E-state index is 13.4. The number of fused-ring (bicyclic) bond motifs is 1. The van der Waals surface area contributed by atoms with Crippen LogP contribution < -0.4 is 11.1 Å². The molecule has 0 fully saturated rings. The summed E-state index contributed by atoms with van der Waals surface area (Å²) in [7, 11) is 1.36. The third-order valence-corrected chi connectivity index (χ3v) is 7.48. The third-order valence-electron chi connectivity index (χ3n) is 5.60. The number of hydrogen-bond donors (Lipinski definition) is 2. The van der Waals surface area contributed by atoms with Gasteiger partial charge in [0.05, 0.1) is 33.4 Å². The summed E-state index contributed by atoms with van der Waals surface area (Å²) < 4.78 is 5.16. The largest absolute Gasteiger partial charge is 0.466 e. The Morgan fingerprint density at radius 3 is 2.39 bits per heavy atom. The van der Waals surface area contributed by atoms with E-state index in [9.17, 15) is 9.59 Å². The SMILES string of the molecule is COC(=O)C1=C(C(C)C)Nc2sc(C(=O)c3ccc(Cl)c(Cl)c3)c(N)c2C1c1ccccc1. The highest BCUT2D eigenvalue weighted by molar-refractivity contribution is 7.19. The molecule has 1 aliphatic rings. The molecule has 0 amide bonds. The summed E-state index contributed by atoms with van der Waals surface area (Å²) in [4.78, 5) is 26.7. The molecule has 5 nitrogen and oxygen atoms in total. The number of hydrogen-bond acceptors (Lipinski definition) is 6. The van der Waals surface area contributed by atoms with E-state index >= 15 is 0 Å².